The summed E-state index contributed by atoms with van der Waals surface area (Å²) in [6, 6.07) is 13.4. The van der Waals surface area contributed by atoms with Crippen LogP contribution in [0.4, 0.5) is 24.5 Å². The lowest BCUT2D eigenvalue weighted by molar-refractivity contribution is -0.140. The fourth-order valence-corrected chi connectivity index (χ4v) is 5.93. The van der Waals surface area contributed by atoms with Crippen LogP contribution in [0.25, 0.3) is 27.2 Å². The molecular formula is C23H14F3N5O7S3. The minimum absolute atomic E-state index is 0.00829. The third-order valence-electron chi connectivity index (χ3n) is 5.62. The summed E-state index contributed by atoms with van der Waals surface area (Å²) in [6.45, 7) is 0. The SMILES string of the molecule is O=c1c(N=Nc2ccc3c(S(=O)(=O)O)cc(S(=O)(=O)O)cc3c2)c(-c2ccccc2)[nH]n1-c1nc(C(F)(F)F)cs1. The van der Waals surface area contributed by atoms with Crippen LogP contribution in [0.3, 0.4) is 0 Å². The fourth-order valence-electron chi connectivity index (χ4n) is 3.79. The predicted octanol–water partition coefficient (Wildman–Crippen LogP) is 5.37. The zero-order valence-corrected chi connectivity index (χ0v) is 22.4. The van der Waals surface area contributed by atoms with Gasteiger partial charge in [-0.1, -0.05) is 36.4 Å². The second-order valence-corrected chi connectivity index (χ2v) is 12.0. The quantitative estimate of drug-likeness (QED) is 0.166. The maximum atomic E-state index is 13.2. The van der Waals surface area contributed by atoms with Crippen LogP contribution in [-0.4, -0.2) is 40.7 Å². The van der Waals surface area contributed by atoms with Gasteiger partial charge in [0.25, 0.3) is 20.2 Å². The Morgan fingerprint density at radius 1 is 0.927 bits per heavy atom. The van der Waals surface area contributed by atoms with E-state index in [0.717, 1.165) is 16.1 Å². The topological polar surface area (TPSA) is 184 Å². The van der Waals surface area contributed by atoms with Crippen LogP contribution < -0.4 is 5.56 Å². The Balaban J connectivity index is 1.65. The van der Waals surface area contributed by atoms with E-state index < -0.39 is 47.5 Å². The van der Waals surface area contributed by atoms with Crippen molar-refractivity contribution in [3.05, 3.63) is 82.1 Å². The molecule has 18 heteroatoms. The molecule has 2 aromatic heterocycles. The number of aromatic nitrogens is 3. The first-order valence-electron chi connectivity index (χ1n) is 11.0. The lowest BCUT2D eigenvalue weighted by Gasteiger charge is -2.07. The molecule has 0 aliphatic rings. The summed E-state index contributed by atoms with van der Waals surface area (Å²) in [7, 11) is -9.78. The van der Waals surface area contributed by atoms with Gasteiger partial charge in [-0.15, -0.1) is 16.5 Å². The van der Waals surface area contributed by atoms with Crippen molar-refractivity contribution in [2.75, 3.05) is 0 Å². The van der Waals surface area contributed by atoms with Crippen LogP contribution in [0, 0.1) is 0 Å². The molecule has 0 saturated carbocycles. The first kappa shape index (κ1) is 28.3. The summed E-state index contributed by atoms with van der Waals surface area (Å²) < 4.78 is 106. The molecule has 2 heterocycles. The second kappa shape index (κ2) is 10.00. The maximum absolute atomic E-state index is 13.2. The first-order valence-corrected chi connectivity index (χ1v) is 14.8. The molecule has 0 bridgehead atoms. The lowest BCUT2D eigenvalue weighted by atomic mass is 10.1. The molecule has 3 N–H and O–H groups in total. The average Bonchev–Trinajstić information content (AvgIpc) is 3.51. The van der Waals surface area contributed by atoms with Crippen molar-refractivity contribution in [2.45, 2.75) is 16.0 Å². The van der Waals surface area contributed by atoms with Gasteiger partial charge in [0.05, 0.1) is 16.3 Å². The van der Waals surface area contributed by atoms with Gasteiger partial charge >= 0.3 is 11.7 Å². The number of fused-ring (bicyclic) bond motifs is 1. The van der Waals surface area contributed by atoms with E-state index in [1.165, 1.54) is 18.2 Å². The molecular weight excluding hydrogens is 611 g/mol. The van der Waals surface area contributed by atoms with Gasteiger partial charge in [0.15, 0.2) is 11.4 Å². The molecule has 3 aromatic carbocycles. The van der Waals surface area contributed by atoms with Crippen LogP contribution in [0.5, 0.6) is 0 Å². The number of rotatable bonds is 6. The Bertz CT molecular complexity index is 2120. The van der Waals surface area contributed by atoms with E-state index in [9.17, 15) is 43.9 Å². The van der Waals surface area contributed by atoms with E-state index in [1.807, 2.05) is 0 Å². The summed E-state index contributed by atoms with van der Waals surface area (Å²) in [5.74, 6) is 0. The van der Waals surface area contributed by atoms with Crippen LogP contribution in [0.2, 0.25) is 0 Å². The van der Waals surface area contributed by atoms with Crippen molar-refractivity contribution in [2.24, 2.45) is 10.2 Å². The number of azo groups is 1. The number of nitrogens with zero attached hydrogens (tertiary/aromatic N) is 4. The maximum Gasteiger partial charge on any atom is 0.434 e. The molecule has 0 unspecified atom stereocenters. The molecule has 5 rings (SSSR count). The van der Waals surface area contributed by atoms with E-state index in [1.54, 1.807) is 30.3 Å². The highest BCUT2D eigenvalue weighted by atomic mass is 32.2. The summed E-state index contributed by atoms with van der Waals surface area (Å²) in [5, 5.41) is 10.9. The van der Waals surface area contributed by atoms with Gasteiger partial charge in [0.2, 0.25) is 5.13 Å². The Hall–Kier alpha value is -4.23. The molecule has 0 spiro atoms. The van der Waals surface area contributed by atoms with Gasteiger partial charge < -0.3 is 0 Å². The Morgan fingerprint density at radius 3 is 2.24 bits per heavy atom. The smallest absolute Gasteiger partial charge is 0.286 e. The van der Waals surface area contributed by atoms with Gasteiger partial charge in [0.1, 0.15) is 4.90 Å². The number of alkyl halides is 3. The van der Waals surface area contributed by atoms with Crippen molar-refractivity contribution in [3.8, 4) is 16.4 Å². The van der Waals surface area contributed by atoms with Gasteiger partial charge in [-0.05, 0) is 29.7 Å². The standard InChI is InChI=1S/C23H14F3N5O7S3/c24-23(25,26)18-11-39-22(27-18)31-21(32)20(19(30-31)12-4-2-1-3-5-12)29-28-14-6-7-16-13(8-14)9-15(40(33,34)35)10-17(16)41(36,37)38/h1-11,30H,(H,33,34,35)(H,36,37,38). The highest BCUT2D eigenvalue weighted by Gasteiger charge is 2.34. The van der Waals surface area contributed by atoms with Crippen molar-refractivity contribution in [3.63, 3.8) is 0 Å². The lowest BCUT2D eigenvalue weighted by Crippen LogP contribution is -2.14. The number of H-pyrrole nitrogens is 1. The largest absolute Gasteiger partial charge is 0.434 e. The highest BCUT2D eigenvalue weighted by Crippen LogP contribution is 2.34. The number of nitrogens with one attached hydrogen (secondary N) is 1. The van der Waals surface area contributed by atoms with E-state index >= 15 is 0 Å². The van der Waals surface area contributed by atoms with Crippen LogP contribution in [-0.2, 0) is 26.4 Å². The molecule has 41 heavy (non-hydrogen) atoms. The summed E-state index contributed by atoms with van der Waals surface area (Å²) in [6.07, 6.45) is -4.73. The third-order valence-corrected chi connectivity index (χ3v) is 8.17. The van der Waals surface area contributed by atoms with Crippen molar-refractivity contribution in [1.29, 1.82) is 0 Å². The minimum atomic E-state index is -4.91. The van der Waals surface area contributed by atoms with Gasteiger partial charge in [0, 0.05) is 16.3 Å². The monoisotopic (exact) mass is 625 g/mol. The molecule has 0 atom stereocenters. The summed E-state index contributed by atoms with van der Waals surface area (Å²) in [4.78, 5) is 15.1. The van der Waals surface area contributed by atoms with Crippen molar-refractivity contribution >= 4 is 53.7 Å². The van der Waals surface area contributed by atoms with Crippen LogP contribution >= 0.6 is 11.3 Å². The van der Waals surface area contributed by atoms with E-state index in [-0.39, 0.29) is 33.0 Å². The molecule has 0 aliphatic heterocycles. The number of hydrogen-bond acceptors (Lipinski definition) is 9. The number of hydrogen-bond donors (Lipinski definition) is 3. The predicted molar refractivity (Wildman–Crippen MR) is 140 cm³/mol. The number of thiazole rings is 1. The molecule has 0 amide bonds. The molecule has 0 fully saturated rings. The summed E-state index contributed by atoms with van der Waals surface area (Å²) >= 11 is 0.573. The zero-order chi connectivity index (χ0) is 29.7. The highest BCUT2D eigenvalue weighted by molar-refractivity contribution is 7.86. The van der Waals surface area contributed by atoms with Crippen LogP contribution in [0.1, 0.15) is 5.69 Å². The van der Waals surface area contributed by atoms with E-state index in [4.69, 9.17) is 0 Å². The summed E-state index contributed by atoms with van der Waals surface area (Å²) in [5.41, 5.74) is -1.83. The number of halogens is 3. The van der Waals surface area contributed by atoms with E-state index in [2.05, 4.69) is 20.3 Å². The second-order valence-electron chi connectivity index (χ2n) is 8.33. The normalized spacial score (nSPS) is 12.9. The zero-order valence-electron chi connectivity index (χ0n) is 19.9. The van der Waals surface area contributed by atoms with Crippen molar-refractivity contribution in [1.82, 2.24) is 14.8 Å². The van der Waals surface area contributed by atoms with Gasteiger partial charge in [-0.3, -0.25) is 19.0 Å². The molecule has 0 radical (unpaired) electrons. The molecule has 0 aliphatic carbocycles. The van der Waals surface area contributed by atoms with E-state index in [0.29, 0.717) is 23.0 Å². The Morgan fingerprint density at radius 2 is 1.63 bits per heavy atom. The van der Waals surface area contributed by atoms with Crippen molar-refractivity contribution < 1.29 is 39.1 Å². The molecule has 212 valence electrons. The Labute approximate surface area is 231 Å². The first-order chi connectivity index (χ1) is 19.1. The van der Waals surface area contributed by atoms with Crippen LogP contribution in [0.15, 0.2) is 90.9 Å². The molecule has 5 aromatic rings. The van der Waals surface area contributed by atoms with Gasteiger partial charge in [-0.2, -0.15) is 39.8 Å². The average molecular weight is 626 g/mol. The fraction of sp³-hybridized carbons (Fsp3) is 0.0435. The van der Waals surface area contributed by atoms with Gasteiger partial charge in [-0.25, -0.2) is 4.98 Å². The molecule has 0 saturated heterocycles. The Kier molecular flexibility index (Phi) is 6.90. The minimum Gasteiger partial charge on any atom is -0.286 e. The number of benzene rings is 3. The third kappa shape index (κ3) is 5.68. The molecule has 12 nitrogen and oxygen atoms in total. The number of aromatic amines is 1.